The van der Waals surface area contributed by atoms with Crippen LogP contribution in [-0.2, 0) is 15.9 Å². The minimum Gasteiger partial charge on any atom is -0.491 e. The molecular formula is C14H20N4O4S. The summed E-state index contributed by atoms with van der Waals surface area (Å²) in [4.78, 5) is 11.5. The fourth-order valence-corrected chi connectivity index (χ4v) is 2.55. The maximum Gasteiger partial charge on any atom is 0.407 e. The van der Waals surface area contributed by atoms with Crippen molar-refractivity contribution in [3.05, 3.63) is 23.8 Å². The number of amidine groups is 1. The Morgan fingerprint density at radius 2 is 2.17 bits per heavy atom. The summed E-state index contributed by atoms with van der Waals surface area (Å²) in [5.74, 6) is 0.645. The van der Waals surface area contributed by atoms with Crippen molar-refractivity contribution in [3.8, 4) is 5.75 Å². The Morgan fingerprint density at radius 1 is 1.43 bits per heavy atom. The van der Waals surface area contributed by atoms with E-state index in [0.717, 1.165) is 0 Å². The van der Waals surface area contributed by atoms with Crippen molar-refractivity contribution in [3.63, 3.8) is 0 Å². The standard InChI is InChI=1S/C14H20N4O4S/c1-14(2,3)22-13(19)16-7-8-21-10-6-4-5-9-11(10)12(15)18-23(20)17-9/h4-6,17H,7-8H2,1-3H3,(H2,15,18)(H,16,19). The molecule has 2 rings (SSSR count). The molecule has 0 spiro atoms. The number of ether oxygens (including phenoxy) is 2. The number of carbonyl (C=O) groups is 1. The maximum absolute atomic E-state index is 11.5. The minimum atomic E-state index is -1.58. The summed E-state index contributed by atoms with van der Waals surface area (Å²) < 4.78 is 28.6. The Hall–Kier alpha value is -2.29. The molecule has 1 heterocycles. The lowest BCUT2D eigenvalue weighted by Crippen LogP contribution is -2.34. The van der Waals surface area contributed by atoms with Crippen LogP contribution in [0.1, 0.15) is 26.3 Å². The average Bonchev–Trinajstić information content (AvgIpc) is 2.41. The molecule has 0 aliphatic carbocycles. The SMILES string of the molecule is CC(C)(C)OC(=O)NCCOc1cccc2c1C(N)=NS(=O)N2. The zero-order valence-electron chi connectivity index (χ0n) is 13.2. The van der Waals surface area contributed by atoms with Crippen LogP contribution in [-0.4, -0.2) is 34.9 Å². The van der Waals surface area contributed by atoms with Gasteiger partial charge in [0.25, 0.3) is 0 Å². The summed E-state index contributed by atoms with van der Waals surface area (Å²) in [7, 11) is 0. The first-order valence-electron chi connectivity index (χ1n) is 7.02. The van der Waals surface area contributed by atoms with E-state index in [4.69, 9.17) is 15.2 Å². The fourth-order valence-electron chi connectivity index (χ4n) is 1.88. The molecule has 1 amide bonds. The highest BCUT2D eigenvalue weighted by molar-refractivity contribution is 7.85. The second kappa shape index (κ2) is 6.86. The van der Waals surface area contributed by atoms with Gasteiger partial charge in [-0.3, -0.25) is 4.72 Å². The van der Waals surface area contributed by atoms with Gasteiger partial charge in [0.2, 0.25) is 11.2 Å². The van der Waals surface area contributed by atoms with Gasteiger partial charge in [0.1, 0.15) is 23.8 Å². The first kappa shape index (κ1) is 17.1. The molecule has 1 atom stereocenters. The van der Waals surface area contributed by atoms with Gasteiger partial charge in [0, 0.05) is 0 Å². The van der Waals surface area contributed by atoms with Crippen molar-refractivity contribution in [2.45, 2.75) is 26.4 Å². The average molecular weight is 340 g/mol. The number of nitrogens with two attached hydrogens (primary N) is 1. The van der Waals surface area contributed by atoms with Crippen LogP contribution in [0.3, 0.4) is 0 Å². The number of carbonyl (C=O) groups excluding carboxylic acids is 1. The summed E-state index contributed by atoms with van der Waals surface area (Å²) in [5.41, 5.74) is 6.41. The Morgan fingerprint density at radius 3 is 2.87 bits per heavy atom. The second-order valence-corrected chi connectivity index (χ2v) is 6.67. The van der Waals surface area contributed by atoms with Crippen molar-refractivity contribution >= 4 is 28.8 Å². The van der Waals surface area contributed by atoms with E-state index in [0.29, 0.717) is 17.0 Å². The number of benzene rings is 1. The van der Waals surface area contributed by atoms with E-state index in [9.17, 15) is 9.00 Å². The fraction of sp³-hybridized carbons (Fsp3) is 0.429. The monoisotopic (exact) mass is 340 g/mol. The molecule has 0 saturated carbocycles. The number of alkyl carbamates (subject to hydrolysis) is 1. The van der Waals surface area contributed by atoms with Crippen LogP contribution in [0, 0.1) is 0 Å². The Balaban J connectivity index is 1.91. The smallest absolute Gasteiger partial charge is 0.407 e. The number of nitrogens with zero attached hydrogens (tertiary/aromatic N) is 1. The molecule has 8 nitrogen and oxygen atoms in total. The van der Waals surface area contributed by atoms with Gasteiger partial charge in [-0.25, -0.2) is 9.00 Å². The molecule has 1 unspecified atom stereocenters. The molecule has 1 aromatic rings. The topological polar surface area (TPSA) is 115 Å². The van der Waals surface area contributed by atoms with Gasteiger partial charge < -0.3 is 20.5 Å². The van der Waals surface area contributed by atoms with Crippen LogP contribution < -0.4 is 20.5 Å². The quantitative estimate of drug-likeness (QED) is 0.715. The van der Waals surface area contributed by atoms with Gasteiger partial charge in [-0.1, -0.05) is 6.07 Å². The molecule has 0 bridgehead atoms. The molecule has 1 aliphatic rings. The van der Waals surface area contributed by atoms with Crippen LogP contribution >= 0.6 is 0 Å². The molecular weight excluding hydrogens is 320 g/mol. The lowest BCUT2D eigenvalue weighted by atomic mass is 10.1. The van der Waals surface area contributed by atoms with Gasteiger partial charge in [0.05, 0.1) is 17.8 Å². The van der Waals surface area contributed by atoms with Gasteiger partial charge in [0.15, 0.2) is 0 Å². The Bertz CT molecular complexity index is 655. The van der Waals surface area contributed by atoms with E-state index in [1.807, 2.05) is 0 Å². The van der Waals surface area contributed by atoms with E-state index in [2.05, 4.69) is 14.4 Å². The van der Waals surface area contributed by atoms with E-state index in [1.165, 1.54) is 0 Å². The molecule has 0 saturated heterocycles. The van der Waals surface area contributed by atoms with E-state index in [-0.39, 0.29) is 19.0 Å². The highest BCUT2D eigenvalue weighted by atomic mass is 32.2. The number of fused-ring (bicyclic) bond motifs is 1. The van der Waals surface area contributed by atoms with E-state index < -0.39 is 22.9 Å². The number of hydrogen-bond acceptors (Lipinski definition) is 5. The van der Waals surface area contributed by atoms with Crippen molar-refractivity contribution < 1.29 is 18.5 Å². The minimum absolute atomic E-state index is 0.146. The van der Waals surface area contributed by atoms with Crippen molar-refractivity contribution in [1.29, 1.82) is 0 Å². The third-order valence-electron chi connectivity index (χ3n) is 2.69. The normalized spacial score (nSPS) is 16.7. The predicted molar refractivity (Wildman–Crippen MR) is 88.7 cm³/mol. The number of nitrogens with one attached hydrogen (secondary N) is 2. The summed E-state index contributed by atoms with van der Waals surface area (Å²) in [5, 5.41) is 2.60. The largest absolute Gasteiger partial charge is 0.491 e. The van der Waals surface area contributed by atoms with Crippen LogP contribution in [0.15, 0.2) is 22.6 Å². The number of hydrogen-bond donors (Lipinski definition) is 3. The molecule has 1 aliphatic heterocycles. The highest BCUT2D eigenvalue weighted by Gasteiger charge is 2.20. The van der Waals surface area contributed by atoms with Gasteiger partial charge in [-0.15, -0.1) is 0 Å². The molecule has 1 aromatic carbocycles. The van der Waals surface area contributed by atoms with Gasteiger partial charge in [-0.2, -0.15) is 4.40 Å². The van der Waals surface area contributed by atoms with Crippen molar-refractivity contribution in [1.82, 2.24) is 5.32 Å². The first-order chi connectivity index (χ1) is 10.8. The Kier molecular flexibility index (Phi) is 5.09. The summed E-state index contributed by atoms with van der Waals surface area (Å²) in [6.45, 7) is 5.87. The van der Waals surface area contributed by atoms with Gasteiger partial charge in [-0.05, 0) is 32.9 Å². The number of anilines is 1. The zero-order valence-corrected chi connectivity index (χ0v) is 14.0. The van der Waals surface area contributed by atoms with Crippen molar-refractivity contribution in [2.24, 2.45) is 10.1 Å². The molecule has 0 aromatic heterocycles. The lowest BCUT2D eigenvalue weighted by molar-refractivity contribution is 0.0520. The van der Waals surface area contributed by atoms with E-state index in [1.54, 1.807) is 39.0 Å². The second-order valence-electron chi connectivity index (χ2n) is 5.78. The zero-order chi connectivity index (χ0) is 17.0. The van der Waals surface area contributed by atoms with Crippen molar-refractivity contribution in [2.75, 3.05) is 17.9 Å². The molecule has 23 heavy (non-hydrogen) atoms. The number of rotatable bonds is 4. The van der Waals surface area contributed by atoms with E-state index >= 15 is 0 Å². The highest BCUT2D eigenvalue weighted by Crippen LogP contribution is 2.29. The summed E-state index contributed by atoms with van der Waals surface area (Å²) in [6.07, 6.45) is -0.505. The Labute approximate surface area is 137 Å². The van der Waals surface area contributed by atoms with Gasteiger partial charge >= 0.3 is 6.09 Å². The van der Waals surface area contributed by atoms with Crippen LogP contribution in [0.5, 0.6) is 5.75 Å². The molecule has 4 N–H and O–H groups in total. The molecule has 0 radical (unpaired) electrons. The van der Waals surface area contributed by atoms with Crippen LogP contribution in [0.2, 0.25) is 0 Å². The third kappa shape index (κ3) is 4.85. The van der Waals surface area contributed by atoms with Crippen LogP contribution in [0.25, 0.3) is 0 Å². The molecule has 0 fully saturated rings. The molecule has 9 heteroatoms. The molecule has 126 valence electrons. The summed E-state index contributed by atoms with van der Waals surface area (Å²) in [6, 6.07) is 5.21. The lowest BCUT2D eigenvalue weighted by Gasteiger charge is -2.20. The third-order valence-corrected chi connectivity index (χ3v) is 3.45. The van der Waals surface area contributed by atoms with Crippen LogP contribution in [0.4, 0.5) is 10.5 Å². The number of amides is 1. The maximum atomic E-state index is 11.5. The predicted octanol–water partition coefficient (Wildman–Crippen LogP) is 1.30. The summed E-state index contributed by atoms with van der Waals surface area (Å²) >= 11 is -1.58. The first-order valence-corrected chi connectivity index (χ1v) is 8.13.